The Morgan fingerprint density at radius 1 is 1.13 bits per heavy atom. The van der Waals surface area contributed by atoms with Gasteiger partial charge in [0.15, 0.2) is 0 Å². The predicted octanol–water partition coefficient (Wildman–Crippen LogP) is 3.75. The highest BCUT2D eigenvalue weighted by Gasteiger charge is 2.36. The van der Waals surface area contributed by atoms with E-state index in [0.717, 1.165) is 10.5 Å². The number of cyclic esters (lactones) is 1. The summed E-state index contributed by atoms with van der Waals surface area (Å²) in [5, 5.41) is 8.98. The van der Waals surface area contributed by atoms with Crippen molar-refractivity contribution in [2.24, 2.45) is 0 Å². The summed E-state index contributed by atoms with van der Waals surface area (Å²) in [5.41, 5.74) is 2.20. The van der Waals surface area contributed by atoms with Crippen LogP contribution in [0.3, 0.4) is 0 Å². The standard InChI is InChI=1S/C18H14N2O3/c1-12-6-2-5-9-15(12)20-17(21)14-8-4-3-7-13(14)16(10-11-19)23-18(20)22/h2-9,16H,10H2,1H3. The van der Waals surface area contributed by atoms with Crippen molar-refractivity contribution in [3.8, 4) is 6.07 Å². The van der Waals surface area contributed by atoms with Gasteiger partial charge in [0, 0.05) is 11.1 Å². The van der Waals surface area contributed by atoms with Crippen molar-refractivity contribution < 1.29 is 14.3 Å². The van der Waals surface area contributed by atoms with Crippen LogP contribution in [-0.2, 0) is 4.74 Å². The highest BCUT2D eigenvalue weighted by atomic mass is 16.6. The maximum atomic E-state index is 12.9. The lowest BCUT2D eigenvalue weighted by atomic mass is 10.00. The lowest BCUT2D eigenvalue weighted by molar-refractivity contribution is 0.0944. The van der Waals surface area contributed by atoms with Gasteiger partial charge in [-0.25, -0.2) is 9.69 Å². The number of rotatable bonds is 2. The molecule has 1 atom stereocenters. The van der Waals surface area contributed by atoms with Crippen LogP contribution in [0, 0.1) is 18.3 Å². The summed E-state index contributed by atoms with van der Waals surface area (Å²) in [4.78, 5) is 26.4. The molecule has 0 saturated heterocycles. The molecule has 0 bridgehead atoms. The zero-order valence-corrected chi connectivity index (χ0v) is 12.5. The Hall–Kier alpha value is -3.13. The van der Waals surface area contributed by atoms with Crippen molar-refractivity contribution in [3.05, 3.63) is 65.2 Å². The van der Waals surface area contributed by atoms with Crippen molar-refractivity contribution >= 4 is 17.7 Å². The van der Waals surface area contributed by atoms with Crippen LogP contribution in [0.25, 0.3) is 0 Å². The summed E-state index contributed by atoms with van der Waals surface area (Å²) in [6, 6.07) is 16.0. The number of imide groups is 1. The molecular weight excluding hydrogens is 292 g/mol. The Morgan fingerprint density at radius 3 is 2.57 bits per heavy atom. The number of para-hydroxylation sites is 1. The van der Waals surface area contributed by atoms with Crippen LogP contribution in [0.5, 0.6) is 0 Å². The first-order valence-corrected chi connectivity index (χ1v) is 7.20. The number of aryl methyl sites for hydroxylation is 1. The first kappa shape index (κ1) is 14.8. The molecule has 1 heterocycles. The molecular formula is C18H14N2O3. The van der Waals surface area contributed by atoms with Gasteiger partial charge in [0.05, 0.1) is 18.2 Å². The fourth-order valence-corrected chi connectivity index (χ4v) is 2.67. The zero-order valence-electron chi connectivity index (χ0n) is 12.5. The van der Waals surface area contributed by atoms with Gasteiger partial charge in [0.1, 0.15) is 6.10 Å². The van der Waals surface area contributed by atoms with Gasteiger partial charge in [-0.2, -0.15) is 5.26 Å². The van der Waals surface area contributed by atoms with E-state index in [1.165, 1.54) is 0 Å². The van der Waals surface area contributed by atoms with E-state index in [2.05, 4.69) is 0 Å². The molecule has 3 rings (SSSR count). The molecule has 5 heteroatoms. The van der Waals surface area contributed by atoms with E-state index in [4.69, 9.17) is 10.00 Å². The number of carbonyl (C=O) groups is 2. The van der Waals surface area contributed by atoms with Crippen molar-refractivity contribution in [1.29, 1.82) is 5.26 Å². The molecule has 5 nitrogen and oxygen atoms in total. The molecule has 0 aromatic heterocycles. The van der Waals surface area contributed by atoms with E-state index >= 15 is 0 Å². The molecule has 0 saturated carbocycles. The van der Waals surface area contributed by atoms with Crippen molar-refractivity contribution in [3.63, 3.8) is 0 Å². The molecule has 0 radical (unpaired) electrons. The van der Waals surface area contributed by atoms with Crippen LogP contribution in [0.4, 0.5) is 10.5 Å². The molecule has 2 aromatic carbocycles. The topological polar surface area (TPSA) is 70.4 Å². The van der Waals surface area contributed by atoms with Crippen molar-refractivity contribution in [2.45, 2.75) is 19.4 Å². The van der Waals surface area contributed by atoms with Gasteiger partial charge in [0.25, 0.3) is 5.91 Å². The Labute approximate surface area is 133 Å². The Kier molecular flexibility index (Phi) is 3.82. The number of anilines is 1. The van der Waals surface area contributed by atoms with Crippen LogP contribution in [0.2, 0.25) is 0 Å². The number of hydrogen-bond acceptors (Lipinski definition) is 4. The van der Waals surface area contributed by atoms with Gasteiger partial charge in [-0.15, -0.1) is 0 Å². The molecule has 114 valence electrons. The summed E-state index contributed by atoms with van der Waals surface area (Å²) >= 11 is 0. The van der Waals surface area contributed by atoms with Crippen LogP contribution in [0.1, 0.15) is 34.0 Å². The summed E-state index contributed by atoms with van der Waals surface area (Å²) in [6.07, 6.45) is -1.51. The van der Waals surface area contributed by atoms with E-state index in [0.29, 0.717) is 16.8 Å². The van der Waals surface area contributed by atoms with Gasteiger partial charge in [-0.1, -0.05) is 36.4 Å². The maximum Gasteiger partial charge on any atom is 0.422 e. The summed E-state index contributed by atoms with van der Waals surface area (Å²) in [6.45, 7) is 1.82. The van der Waals surface area contributed by atoms with E-state index in [-0.39, 0.29) is 6.42 Å². The lowest BCUT2D eigenvalue weighted by Crippen LogP contribution is -2.36. The summed E-state index contributed by atoms with van der Waals surface area (Å²) in [7, 11) is 0. The first-order valence-electron chi connectivity index (χ1n) is 7.20. The highest BCUT2D eigenvalue weighted by molar-refractivity contribution is 6.20. The minimum atomic E-state index is -0.763. The van der Waals surface area contributed by atoms with Gasteiger partial charge in [-0.05, 0) is 24.6 Å². The Bertz CT molecular complexity index is 823. The fourth-order valence-electron chi connectivity index (χ4n) is 2.67. The highest BCUT2D eigenvalue weighted by Crippen LogP contribution is 2.33. The number of carbonyl (C=O) groups excluding carboxylic acids is 2. The van der Waals surface area contributed by atoms with E-state index in [1.54, 1.807) is 36.4 Å². The number of nitrogens with zero attached hydrogens (tertiary/aromatic N) is 2. The van der Waals surface area contributed by atoms with Crippen molar-refractivity contribution in [1.82, 2.24) is 0 Å². The minimum absolute atomic E-state index is 0.00234. The van der Waals surface area contributed by atoms with E-state index in [1.807, 2.05) is 25.1 Å². The third kappa shape index (κ3) is 2.55. The molecule has 0 spiro atoms. The van der Waals surface area contributed by atoms with Crippen LogP contribution in [0.15, 0.2) is 48.5 Å². The van der Waals surface area contributed by atoms with Crippen LogP contribution in [-0.4, -0.2) is 12.0 Å². The molecule has 23 heavy (non-hydrogen) atoms. The summed E-state index contributed by atoms with van der Waals surface area (Å²) in [5.74, 6) is -0.444. The lowest BCUT2D eigenvalue weighted by Gasteiger charge is -2.20. The smallest absolute Gasteiger partial charge is 0.422 e. The minimum Gasteiger partial charge on any atom is -0.440 e. The second-order valence-corrected chi connectivity index (χ2v) is 5.25. The molecule has 2 amide bonds. The second-order valence-electron chi connectivity index (χ2n) is 5.25. The average Bonchev–Trinajstić information content (AvgIpc) is 2.65. The van der Waals surface area contributed by atoms with E-state index in [9.17, 15) is 9.59 Å². The monoisotopic (exact) mass is 306 g/mol. The van der Waals surface area contributed by atoms with Crippen LogP contribution < -0.4 is 4.90 Å². The third-order valence-corrected chi connectivity index (χ3v) is 3.80. The third-order valence-electron chi connectivity index (χ3n) is 3.80. The molecule has 0 aliphatic carbocycles. The number of benzene rings is 2. The normalized spacial score (nSPS) is 17.0. The number of amides is 2. The Morgan fingerprint density at radius 2 is 1.83 bits per heavy atom. The quantitative estimate of drug-likeness (QED) is 0.847. The maximum absolute atomic E-state index is 12.9. The number of fused-ring (bicyclic) bond motifs is 1. The van der Waals surface area contributed by atoms with Crippen molar-refractivity contribution in [2.75, 3.05) is 4.90 Å². The SMILES string of the molecule is Cc1ccccc1N1C(=O)OC(CC#N)c2ccccc2C1=O. The van der Waals surface area contributed by atoms with Gasteiger partial charge in [0.2, 0.25) is 0 Å². The number of ether oxygens (including phenoxy) is 1. The molecule has 0 N–H and O–H groups in total. The van der Waals surface area contributed by atoms with E-state index < -0.39 is 18.1 Å². The average molecular weight is 306 g/mol. The second kappa shape index (κ2) is 5.93. The predicted molar refractivity (Wildman–Crippen MR) is 83.9 cm³/mol. The zero-order chi connectivity index (χ0) is 16.4. The first-order chi connectivity index (χ1) is 11.1. The number of hydrogen-bond donors (Lipinski definition) is 0. The molecule has 1 aliphatic heterocycles. The van der Waals surface area contributed by atoms with Gasteiger partial charge < -0.3 is 4.74 Å². The molecule has 0 fully saturated rings. The molecule has 1 aliphatic rings. The van der Waals surface area contributed by atoms with Crippen LogP contribution >= 0.6 is 0 Å². The van der Waals surface area contributed by atoms with Gasteiger partial charge in [-0.3, -0.25) is 4.79 Å². The fraction of sp³-hybridized carbons (Fsp3) is 0.167. The molecule has 1 unspecified atom stereocenters. The Balaban J connectivity index is 2.15. The number of nitriles is 1. The largest absolute Gasteiger partial charge is 0.440 e. The summed E-state index contributed by atoms with van der Waals surface area (Å²) < 4.78 is 5.41. The molecule has 2 aromatic rings. The van der Waals surface area contributed by atoms with Gasteiger partial charge >= 0.3 is 6.09 Å².